The molecule has 1 aliphatic heterocycles. The number of furan rings is 1. The molecule has 0 bridgehead atoms. The Bertz CT molecular complexity index is 688. The molecule has 1 aliphatic rings. The summed E-state index contributed by atoms with van der Waals surface area (Å²) in [4.78, 5) is 21.3. The number of piperazine rings is 1. The first kappa shape index (κ1) is 14.8. The van der Waals surface area contributed by atoms with Gasteiger partial charge in [-0.15, -0.1) is 0 Å². The van der Waals surface area contributed by atoms with Crippen molar-refractivity contribution >= 4 is 5.91 Å². The smallest absolute Gasteiger partial charge is 0.289 e. The summed E-state index contributed by atoms with van der Waals surface area (Å²) in [5.41, 5.74) is 0.898. The Morgan fingerprint density at radius 2 is 2.09 bits per heavy atom. The fourth-order valence-electron chi connectivity index (χ4n) is 3.03. The lowest BCUT2D eigenvalue weighted by Gasteiger charge is -2.38. The molecule has 1 atom stereocenters. The normalized spacial score (nSPS) is 19.6. The van der Waals surface area contributed by atoms with Crippen molar-refractivity contribution in [1.29, 1.82) is 0 Å². The largest absolute Gasteiger partial charge is 0.456 e. The van der Waals surface area contributed by atoms with Crippen molar-refractivity contribution in [2.24, 2.45) is 7.05 Å². The van der Waals surface area contributed by atoms with Crippen molar-refractivity contribution in [1.82, 2.24) is 19.4 Å². The van der Waals surface area contributed by atoms with Crippen LogP contribution in [0.5, 0.6) is 0 Å². The van der Waals surface area contributed by atoms with Crippen molar-refractivity contribution in [3.8, 4) is 0 Å². The molecule has 0 N–H and O–H groups in total. The van der Waals surface area contributed by atoms with Crippen molar-refractivity contribution in [2.75, 3.05) is 26.7 Å². The van der Waals surface area contributed by atoms with Crippen LogP contribution in [0.4, 0.5) is 0 Å². The average Bonchev–Trinajstić information content (AvgIpc) is 3.04. The zero-order chi connectivity index (χ0) is 15.9. The lowest BCUT2D eigenvalue weighted by Crippen LogP contribution is -2.49. The molecule has 0 saturated carbocycles. The van der Waals surface area contributed by atoms with Crippen LogP contribution in [0.1, 0.15) is 33.7 Å². The second-order valence-corrected chi connectivity index (χ2v) is 6.01. The van der Waals surface area contributed by atoms with Gasteiger partial charge in [-0.1, -0.05) is 0 Å². The average molecular weight is 302 g/mol. The van der Waals surface area contributed by atoms with Crippen LogP contribution in [-0.2, 0) is 7.05 Å². The maximum atomic E-state index is 12.7. The van der Waals surface area contributed by atoms with Crippen molar-refractivity contribution in [2.45, 2.75) is 19.9 Å². The number of aryl methyl sites for hydroxylation is 3. The third-order valence-corrected chi connectivity index (χ3v) is 4.33. The zero-order valence-corrected chi connectivity index (χ0v) is 13.5. The maximum Gasteiger partial charge on any atom is 0.289 e. The highest BCUT2D eigenvalue weighted by molar-refractivity contribution is 5.93. The summed E-state index contributed by atoms with van der Waals surface area (Å²) in [5.74, 6) is 2.18. The highest BCUT2D eigenvalue weighted by Crippen LogP contribution is 2.24. The molecule has 0 aliphatic carbocycles. The first-order chi connectivity index (χ1) is 10.5. The van der Waals surface area contributed by atoms with E-state index in [1.807, 2.05) is 42.6 Å². The van der Waals surface area contributed by atoms with Gasteiger partial charge in [0.15, 0.2) is 5.76 Å². The SMILES string of the molecule is Cc1cc(C)c(C(=O)N2CCN(C)[C@@H](c3nccn3C)C2)o1. The standard InChI is InChI=1S/C16H22N4O2/c1-11-9-12(2)22-14(11)16(21)20-8-7-18(3)13(10-20)15-17-5-6-19(15)4/h5-6,9,13H,7-8,10H2,1-4H3/t13-/m1/s1. The molecule has 6 nitrogen and oxygen atoms in total. The van der Waals surface area contributed by atoms with Crippen LogP contribution < -0.4 is 0 Å². The van der Waals surface area contributed by atoms with Gasteiger partial charge in [0, 0.05) is 44.6 Å². The second-order valence-electron chi connectivity index (χ2n) is 6.01. The van der Waals surface area contributed by atoms with Gasteiger partial charge in [0.25, 0.3) is 5.91 Å². The Labute approximate surface area is 130 Å². The molecular weight excluding hydrogens is 280 g/mol. The number of amides is 1. The Hall–Kier alpha value is -2.08. The Morgan fingerprint density at radius 3 is 2.68 bits per heavy atom. The van der Waals surface area contributed by atoms with Crippen LogP contribution in [0.3, 0.4) is 0 Å². The fraction of sp³-hybridized carbons (Fsp3) is 0.500. The lowest BCUT2D eigenvalue weighted by molar-refractivity contribution is 0.0498. The van der Waals surface area contributed by atoms with Gasteiger partial charge in [0.05, 0.1) is 6.04 Å². The number of hydrogen-bond donors (Lipinski definition) is 0. The second kappa shape index (κ2) is 5.61. The summed E-state index contributed by atoms with van der Waals surface area (Å²) in [6.45, 7) is 5.93. The molecule has 6 heteroatoms. The molecule has 1 amide bonds. The lowest BCUT2D eigenvalue weighted by atomic mass is 10.1. The van der Waals surface area contributed by atoms with E-state index < -0.39 is 0 Å². The van der Waals surface area contributed by atoms with E-state index in [1.165, 1.54) is 0 Å². The van der Waals surface area contributed by atoms with Gasteiger partial charge in [0.2, 0.25) is 0 Å². The van der Waals surface area contributed by atoms with E-state index in [9.17, 15) is 4.79 Å². The summed E-state index contributed by atoms with van der Waals surface area (Å²) in [5, 5.41) is 0. The molecular formula is C16H22N4O2. The first-order valence-corrected chi connectivity index (χ1v) is 7.51. The van der Waals surface area contributed by atoms with Gasteiger partial charge in [-0.3, -0.25) is 9.69 Å². The summed E-state index contributed by atoms with van der Waals surface area (Å²) in [7, 11) is 4.06. The molecule has 2 aromatic rings. The minimum Gasteiger partial charge on any atom is -0.456 e. The van der Waals surface area contributed by atoms with E-state index in [-0.39, 0.29) is 11.9 Å². The Kier molecular flexibility index (Phi) is 3.78. The molecule has 22 heavy (non-hydrogen) atoms. The van der Waals surface area contributed by atoms with E-state index in [0.29, 0.717) is 18.8 Å². The molecule has 0 aromatic carbocycles. The number of nitrogens with zero attached hydrogens (tertiary/aromatic N) is 4. The quantitative estimate of drug-likeness (QED) is 0.848. The van der Waals surface area contributed by atoms with Crippen LogP contribution in [0.15, 0.2) is 22.9 Å². The number of rotatable bonds is 2. The van der Waals surface area contributed by atoms with Crippen LogP contribution in [0.25, 0.3) is 0 Å². The van der Waals surface area contributed by atoms with Gasteiger partial charge in [0.1, 0.15) is 11.6 Å². The number of carbonyl (C=O) groups excluding carboxylic acids is 1. The topological polar surface area (TPSA) is 54.5 Å². The minimum atomic E-state index is -0.0297. The molecule has 3 rings (SSSR count). The number of carbonyl (C=O) groups is 1. The van der Waals surface area contributed by atoms with E-state index in [1.54, 1.807) is 6.20 Å². The highest BCUT2D eigenvalue weighted by Gasteiger charge is 2.32. The van der Waals surface area contributed by atoms with Gasteiger partial charge < -0.3 is 13.9 Å². The van der Waals surface area contributed by atoms with E-state index >= 15 is 0 Å². The zero-order valence-electron chi connectivity index (χ0n) is 13.5. The molecule has 0 spiro atoms. The Balaban J connectivity index is 1.83. The maximum absolute atomic E-state index is 12.7. The molecule has 0 radical (unpaired) electrons. The summed E-state index contributed by atoms with van der Waals surface area (Å²) in [6.07, 6.45) is 3.73. The molecule has 2 aromatic heterocycles. The summed E-state index contributed by atoms with van der Waals surface area (Å²) in [6, 6.07) is 2.01. The van der Waals surface area contributed by atoms with Gasteiger partial charge >= 0.3 is 0 Å². The summed E-state index contributed by atoms with van der Waals surface area (Å²) < 4.78 is 7.59. The van der Waals surface area contributed by atoms with Crippen molar-refractivity contribution in [3.63, 3.8) is 0 Å². The van der Waals surface area contributed by atoms with Gasteiger partial charge in [-0.05, 0) is 27.0 Å². The third kappa shape index (κ3) is 2.54. The number of hydrogen-bond acceptors (Lipinski definition) is 4. The van der Waals surface area contributed by atoms with Crippen LogP contribution in [-0.4, -0.2) is 51.9 Å². The molecule has 1 fully saturated rings. The van der Waals surface area contributed by atoms with Gasteiger partial charge in [-0.25, -0.2) is 4.98 Å². The van der Waals surface area contributed by atoms with Crippen LogP contribution in [0, 0.1) is 13.8 Å². The Morgan fingerprint density at radius 1 is 1.32 bits per heavy atom. The van der Waals surface area contributed by atoms with Crippen LogP contribution in [0.2, 0.25) is 0 Å². The predicted octanol–water partition coefficient (Wildman–Crippen LogP) is 1.76. The minimum absolute atomic E-state index is 0.0297. The number of imidazole rings is 1. The van der Waals surface area contributed by atoms with Crippen molar-refractivity contribution in [3.05, 3.63) is 41.4 Å². The highest BCUT2D eigenvalue weighted by atomic mass is 16.4. The fourth-order valence-corrected chi connectivity index (χ4v) is 3.03. The van der Waals surface area contributed by atoms with Crippen LogP contribution >= 0.6 is 0 Å². The van der Waals surface area contributed by atoms with E-state index in [0.717, 1.165) is 23.7 Å². The van der Waals surface area contributed by atoms with Crippen molar-refractivity contribution < 1.29 is 9.21 Å². The van der Waals surface area contributed by atoms with Gasteiger partial charge in [-0.2, -0.15) is 0 Å². The predicted molar refractivity (Wildman–Crippen MR) is 82.7 cm³/mol. The molecule has 0 unspecified atom stereocenters. The third-order valence-electron chi connectivity index (χ3n) is 4.33. The molecule has 3 heterocycles. The summed E-state index contributed by atoms with van der Waals surface area (Å²) >= 11 is 0. The first-order valence-electron chi connectivity index (χ1n) is 7.51. The molecule has 1 saturated heterocycles. The van der Waals surface area contributed by atoms with E-state index in [2.05, 4.69) is 16.9 Å². The monoisotopic (exact) mass is 302 g/mol. The molecule has 118 valence electrons. The number of aromatic nitrogens is 2. The number of likely N-dealkylation sites (N-methyl/N-ethyl adjacent to an activating group) is 1. The van der Waals surface area contributed by atoms with E-state index in [4.69, 9.17) is 4.42 Å².